The minimum Gasteiger partial charge on any atom is -0.493 e. The maximum Gasteiger partial charge on any atom is 0.248 e. The van der Waals surface area contributed by atoms with Gasteiger partial charge in [-0.2, -0.15) is 0 Å². The molecule has 3 rings (SSSR count). The third-order valence-corrected chi connectivity index (χ3v) is 4.03. The molecule has 0 saturated heterocycles. The molecule has 0 atom stereocenters. The van der Waals surface area contributed by atoms with Crippen LogP contribution in [0.1, 0.15) is 12.5 Å². The van der Waals surface area contributed by atoms with Gasteiger partial charge in [0.2, 0.25) is 5.91 Å². The van der Waals surface area contributed by atoms with Crippen LogP contribution in [0.3, 0.4) is 0 Å². The summed E-state index contributed by atoms with van der Waals surface area (Å²) in [4.78, 5) is 12.2. The molecule has 0 radical (unpaired) electrons. The largest absolute Gasteiger partial charge is 0.493 e. The van der Waals surface area contributed by atoms with E-state index in [-0.39, 0.29) is 5.69 Å². The van der Waals surface area contributed by atoms with Crippen LogP contribution >= 0.6 is 0 Å². The monoisotopic (exact) mass is 380 g/mol. The van der Waals surface area contributed by atoms with Crippen LogP contribution < -0.4 is 14.8 Å². The van der Waals surface area contributed by atoms with E-state index in [0.29, 0.717) is 18.1 Å². The Morgan fingerprint density at radius 1 is 1.14 bits per heavy atom. The Hall–Kier alpha value is -3.54. The number of ether oxygens (including phenoxy) is 2. The van der Waals surface area contributed by atoms with Crippen molar-refractivity contribution < 1.29 is 18.7 Å². The number of rotatable bonds is 7. The summed E-state index contributed by atoms with van der Waals surface area (Å²) in [6, 6.07) is 13.7. The second-order valence-electron chi connectivity index (χ2n) is 5.92. The number of benzene rings is 2. The quantitative estimate of drug-likeness (QED) is 0.606. The number of hydrogen-bond acceptors (Lipinski definition) is 3. The lowest BCUT2D eigenvalue weighted by Gasteiger charge is -2.10. The molecule has 0 saturated carbocycles. The average molecular weight is 380 g/mol. The van der Waals surface area contributed by atoms with Gasteiger partial charge in [-0.1, -0.05) is 6.07 Å². The Labute approximate surface area is 163 Å². The zero-order chi connectivity index (χ0) is 19.9. The number of carbonyl (C=O) groups excluding carboxylic acids is 1. The van der Waals surface area contributed by atoms with Gasteiger partial charge < -0.3 is 19.4 Å². The molecule has 28 heavy (non-hydrogen) atoms. The first-order valence-electron chi connectivity index (χ1n) is 8.83. The van der Waals surface area contributed by atoms with E-state index in [2.05, 4.69) is 5.32 Å². The van der Waals surface area contributed by atoms with Crippen molar-refractivity contribution in [1.29, 1.82) is 0 Å². The van der Waals surface area contributed by atoms with Crippen molar-refractivity contribution in [2.75, 3.05) is 19.0 Å². The highest BCUT2D eigenvalue weighted by Crippen LogP contribution is 2.28. The highest BCUT2D eigenvalue weighted by atomic mass is 19.1. The Kier molecular flexibility index (Phi) is 6.11. The number of hydrogen-bond donors (Lipinski definition) is 1. The lowest BCUT2D eigenvalue weighted by Crippen LogP contribution is -2.09. The van der Waals surface area contributed by atoms with Crippen LogP contribution in [0.25, 0.3) is 11.8 Å². The summed E-state index contributed by atoms with van der Waals surface area (Å²) in [5.41, 5.74) is 1.63. The summed E-state index contributed by atoms with van der Waals surface area (Å²) in [5, 5.41) is 2.57. The SMILES string of the molecule is CCOc1ccc(/C=C/C(=O)Nc2cc(-n3cccc3)ccc2F)cc1OC. The number of halogens is 1. The van der Waals surface area contributed by atoms with Gasteiger partial charge in [-0.3, -0.25) is 4.79 Å². The molecule has 144 valence electrons. The number of anilines is 1. The van der Waals surface area contributed by atoms with Gasteiger partial charge in [0.15, 0.2) is 11.5 Å². The van der Waals surface area contributed by atoms with Crippen LogP contribution in [0.5, 0.6) is 11.5 Å². The first-order valence-corrected chi connectivity index (χ1v) is 8.83. The number of amides is 1. The average Bonchev–Trinajstić information content (AvgIpc) is 3.24. The molecule has 2 aromatic carbocycles. The van der Waals surface area contributed by atoms with Gasteiger partial charge in [0.1, 0.15) is 5.82 Å². The number of nitrogens with zero attached hydrogens (tertiary/aromatic N) is 1. The standard InChI is InChI=1S/C22H21FN2O3/c1-3-28-20-10-6-16(14-21(20)27-2)7-11-22(26)24-19-15-17(8-9-18(19)23)25-12-4-5-13-25/h4-15H,3H2,1-2H3,(H,24,26)/b11-7+. The van der Waals surface area contributed by atoms with Gasteiger partial charge in [-0.15, -0.1) is 0 Å². The molecule has 0 aliphatic heterocycles. The molecule has 0 bridgehead atoms. The second kappa shape index (κ2) is 8.90. The summed E-state index contributed by atoms with van der Waals surface area (Å²) in [6.07, 6.45) is 6.66. The number of carbonyl (C=O) groups is 1. The van der Waals surface area contributed by atoms with E-state index < -0.39 is 11.7 Å². The van der Waals surface area contributed by atoms with Gasteiger partial charge >= 0.3 is 0 Å². The fourth-order valence-electron chi connectivity index (χ4n) is 2.69. The van der Waals surface area contributed by atoms with E-state index in [1.807, 2.05) is 42.1 Å². The highest BCUT2D eigenvalue weighted by molar-refractivity contribution is 6.02. The van der Waals surface area contributed by atoms with Crippen LogP contribution in [-0.4, -0.2) is 24.2 Å². The number of methoxy groups -OCH3 is 1. The minimum absolute atomic E-state index is 0.116. The maximum atomic E-state index is 14.1. The minimum atomic E-state index is -0.500. The molecular formula is C22H21FN2O3. The zero-order valence-electron chi connectivity index (χ0n) is 15.7. The third-order valence-electron chi connectivity index (χ3n) is 4.03. The van der Waals surface area contributed by atoms with E-state index in [1.54, 1.807) is 37.5 Å². The summed E-state index contributed by atoms with van der Waals surface area (Å²) in [6.45, 7) is 2.42. The fraction of sp³-hybridized carbons (Fsp3) is 0.136. The van der Waals surface area contributed by atoms with Crippen molar-refractivity contribution in [3.05, 3.63) is 78.4 Å². The van der Waals surface area contributed by atoms with Gasteiger partial charge in [0, 0.05) is 24.2 Å². The molecule has 3 aromatic rings. The molecule has 6 heteroatoms. The second-order valence-corrected chi connectivity index (χ2v) is 5.92. The molecule has 1 aromatic heterocycles. The Morgan fingerprint density at radius 3 is 2.64 bits per heavy atom. The van der Waals surface area contributed by atoms with Crippen molar-refractivity contribution in [2.24, 2.45) is 0 Å². The molecule has 1 heterocycles. The zero-order valence-corrected chi connectivity index (χ0v) is 15.7. The normalized spacial score (nSPS) is 10.8. The molecule has 0 aliphatic carbocycles. The van der Waals surface area contributed by atoms with E-state index in [0.717, 1.165) is 11.3 Å². The van der Waals surface area contributed by atoms with Crippen molar-refractivity contribution in [3.8, 4) is 17.2 Å². The van der Waals surface area contributed by atoms with Crippen molar-refractivity contribution >= 4 is 17.7 Å². The summed E-state index contributed by atoms with van der Waals surface area (Å²) in [7, 11) is 1.55. The number of aromatic nitrogens is 1. The topological polar surface area (TPSA) is 52.5 Å². The Balaban J connectivity index is 1.73. The van der Waals surface area contributed by atoms with Crippen molar-refractivity contribution in [3.63, 3.8) is 0 Å². The summed E-state index contributed by atoms with van der Waals surface area (Å²) in [5.74, 6) is 0.280. The fourth-order valence-corrected chi connectivity index (χ4v) is 2.69. The van der Waals surface area contributed by atoms with Crippen LogP contribution in [0.15, 0.2) is 67.0 Å². The molecule has 1 N–H and O–H groups in total. The predicted octanol–water partition coefficient (Wildman–Crippen LogP) is 4.68. The highest BCUT2D eigenvalue weighted by Gasteiger charge is 2.08. The molecule has 0 spiro atoms. The van der Waals surface area contributed by atoms with E-state index in [1.165, 1.54) is 12.1 Å². The lowest BCUT2D eigenvalue weighted by atomic mass is 10.2. The van der Waals surface area contributed by atoms with Crippen molar-refractivity contribution in [1.82, 2.24) is 4.57 Å². The molecule has 5 nitrogen and oxygen atoms in total. The Bertz CT molecular complexity index is 981. The molecule has 0 unspecified atom stereocenters. The smallest absolute Gasteiger partial charge is 0.248 e. The Morgan fingerprint density at radius 2 is 1.93 bits per heavy atom. The molecule has 1 amide bonds. The van der Waals surface area contributed by atoms with Crippen molar-refractivity contribution in [2.45, 2.75) is 6.92 Å². The maximum absolute atomic E-state index is 14.1. The van der Waals surface area contributed by atoms with E-state index in [4.69, 9.17) is 9.47 Å². The molecular weight excluding hydrogens is 359 g/mol. The summed E-state index contributed by atoms with van der Waals surface area (Å²) < 4.78 is 26.7. The predicted molar refractivity (Wildman–Crippen MR) is 108 cm³/mol. The van der Waals surface area contributed by atoms with Crippen LogP contribution in [0.2, 0.25) is 0 Å². The van der Waals surface area contributed by atoms with Crippen LogP contribution in [0, 0.1) is 5.82 Å². The number of nitrogens with one attached hydrogen (secondary N) is 1. The molecule has 0 fully saturated rings. The lowest BCUT2D eigenvalue weighted by molar-refractivity contribution is -0.111. The first kappa shape index (κ1) is 19.2. The van der Waals surface area contributed by atoms with Gasteiger partial charge in [0.05, 0.1) is 19.4 Å². The van der Waals surface area contributed by atoms with Gasteiger partial charge in [-0.05, 0) is 61.0 Å². The molecule has 0 aliphatic rings. The van der Waals surface area contributed by atoms with Crippen LogP contribution in [0.4, 0.5) is 10.1 Å². The third kappa shape index (κ3) is 4.59. The van der Waals surface area contributed by atoms with E-state index in [9.17, 15) is 9.18 Å². The van der Waals surface area contributed by atoms with Gasteiger partial charge in [-0.25, -0.2) is 4.39 Å². The summed E-state index contributed by atoms with van der Waals surface area (Å²) >= 11 is 0. The van der Waals surface area contributed by atoms with Crippen LogP contribution in [-0.2, 0) is 4.79 Å². The van der Waals surface area contributed by atoms with E-state index >= 15 is 0 Å². The van der Waals surface area contributed by atoms with Gasteiger partial charge in [0.25, 0.3) is 0 Å². The first-order chi connectivity index (χ1) is 13.6.